The number of carboxylic acids is 1. The third kappa shape index (κ3) is 4.67. The van der Waals surface area contributed by atoms with Crippen molar-refractivity contribution in [3.8, 4) is 22.4 Å². The van der Waals surface area contributed by atoms with Crippen LogP contribution in [0.15, 0.2) is 43.1 Å². The Kier molecular flexibility index (Phi) is 6.42. The van der Waals surface area contributed by atoms with Crippen molar-refractivity contribution in [2.75, 3.05) is 29.4 Å². The van der Waals surface area contributed by atoms with E-state index in [1.807, 2.05) is 30.0 Å². The van der Waals surface area contributed by atoms with Gasteiger partial charge < -0.3 is 15.7 Å². The number of piperidine rings is 1. The van der Waals surface area contributed by atoms with Crippen LogP contribution in [-0.2, 0) is 4.79 Å². The molecule has 1 aliphatic rings. The molecule has 0 spiro atoms. The second-order valence-electron chi connectivity index (χ2n) is 9.17. The van der Waals surface area contributed by atoms with E-state index in [2.05, 4.69) is 19.9 Å². The molecule has 5 rings (SSSR count). The normalized spacial score (nSPS) is 15.0. The van der Waals surface area contributed by atoms with Crippen LogP contribution in [0.25, 0.3) is 32.6 Å². The molecule has 12 heteroatoms. The summed E-state index contributed by atoms with van der Waals surface area (Å²) in [5, 5.41) is 10.00. The SMILES string of the molecule is CCN(C(N)=O)c1nc2cc(-c3cnc(N4CCC(C)(C(=O)O)CC4)nc3)cc(-c3ccncn3)c2s1. The largest absolute Gasteiger partial charge is 0.481 e. The van der Waals surface area contributed by atoms with E-state index < -0.39 is 17.4 Å². The number of primary amides is 1. The molecule has 0 bridgehead atoms. The van der Waals surface area contributed by atoms with Crippen LogP contribution in [0.5, 0.6) is 0 Å². The molecule has 11 nitrogen and oxygen atoms in total. The predicted molar refractivity (Wildman–Crippen MR) is 141 cm³/mol. The standard InChI is InChI=1S/C25H26N8O3S/c1-3-33(22(26)36)24-31-19-11-15(10-17(20(19)37-24)18-4-7-27-14-30-18)16-12-28-23(29-13-16)32-8-5-25(2,6-9-32)21(34)35/h4,7,10-14H,3,5-6,8-9H2,1-2H3,(H2,26,36)(H,34,35). The number of thiazole rings is 1. The zero-order chi connectivity index (χ0) is 26.2. The summed E-state index contributed by atoms with van der Waals surface area (Å²) in [7, 11) is 0. The summed E-state index contributed by atoms with van der Waals surface area (Å²) in [6, 6.07) is 5.21. The highest BCUT2D eigenvalue weighted by Crippen LogP contribution is 2.39. The van der Waals surface area contributed by atoms with Crippen LogP contribution in [-0.4, -0.2) is 61.7 Å². The maximum Gasteiger partial charge on any atom is 0.321 e. The minimum atomic E-state index is -0.763. The minimum Gasteiger partial charge on any atom is -0.481 e. The summed E-state index contributed by atoms with van der Waals surface area (Å²) < 4.78 is 0.879. The summed E-state index contributed by atoms with van der Waals surface area (Å²) in [6.07, 6.45) is 7.76. The summed E-state index contributed by atoms with van der Waals surface area (Å²) in [4.78, 5) is 49.2. The van der Waals surface area contributed by atoms with Gasteiger partial charge in [0.1, 0.15) is 6.33 Å². The highest BCUT2D eigenvalue weighted by Gasteiger charge is 2.37. The molecule has 1 fully saturated rings. The molecule has 3 aromatic heterocycles. The van der Waals surface area contributed by atoms with E-state index in [-0.39, 0.29) is 0 Å². The van der Waals surface area contributed by atoms with Crippen molar-refractivity contribution in [1.29, 1.82) is 0 Å². The smallest absolute Gasteiger partial charge is 0.321 e. The van der Waals surface area contributed by atoms with Crippen LogP contribution >= 0.6 is 11.3 Å². The zero-order valence-corrected chi connectivity index (χ0v) is 21.3. The Labute approximate surface area is 217 Å². The molecule has 4 heterocycles. The molecule has 0 radical (unpaired) electrons. The molecule has 190 valence electrons. The highest BCUT2D eigenvalue weighted by atomic mass is 32.1. The second kappa shape index (κ2) is 9.69. The number of carbonyl (C=O) groups excluding carboxylic acids is 1. The Morgan fingerprint density at radius 1 is 1.16 bits per heavy atom. The van der Waals surface area contributed by atoms with E-state index >= 15 is 0 Å². The monoisotopic (exact) mass is 518 g/mol. The van der Waals surface area contributed by atoms with E-state index in [1.54, 1.807) is 25.5 Å². The first-order valence-electron chi connectivity index (χ1n) is 11.9. The number of nitrogens with zero attached hydrogens (tertiary/aromatic N) is 7. The van der Waals surface area contributed by atoms with Crippen LogP contribution in [0.3, 0.4) is 0 Å². The molecule has 1 saturated heterocycles. The Bertz CT molecular complexity index is 1450. The van der Waals surface area contributed by atoms with Gasteiger partial charge in [-0.2, -0.15) is 0 Å². The molecule has 2 amide bonds. The van der Waals surface area contributed by atoms with Gasteiger partial charge in [-0.15, -0.1) is 0 Å². The number of hydrogen-bond acceptors (Lipinski definition) is 9. The average molecular weight is 519 g/mol. The topological polar surface area (TPSA) is 151 Å². The van der Waals surface area contributed by atoms with E-state index in [4.69, 9.17) is 10.7 Å². The van der Waals surface area contributed by atoms with Crippen molar-refractivity contribution in [3.05, 3.63) is 43.1 Å². The molecule has 0 atom stereocenters. The van der Waals surface area contributed by atoms with Crippen molar-refractivity contribution in [2.24, 2.45) is 11.1 Å². The van der Waals surface area contributed by atoms with Gasteiger partial charge in [-0.3, -0.25) is 9.69 Å². The first kappa shape index (κ1) is 24.5. The van der Waals surface area contributed by atoms with Crippen molar-refractivity contribution in [1.82, 2.24) is 24.9 Å². The molecule has 1 aromatic carbocycles. The second-order valence-corrected chi connectivity index (χ2v) is 10.1. The van der Waals surface area contributed by atoms with Crippen molar-refractivity contribution >= 4 is 44.6 Å². The molecule has 0 saturated carbocycles. The minimum absolute atomic E-state index is 0.405. The number of amides is 2. The number of carbonyl (C=O) groups is 2. The van der Waals surface area contributed by atoms with Crippen molar-refractivity contribution < 1.29 is 14.7 Å². The van der Waals surface area contributed by atoms with E-state index in [0.29, 0.717) is 49.1 Å². The van der Waals surface area contributed by atoms with Crippen LogP contribution in [0.1, 0.15) is 26.7 Å². The Hall–Kier alpha value is -4.19. The first-order valence-corrected chi connectivity index (χ1v) is 12.7. The lowest BCUT2D eigenvalue weighted by Crippen LogP contribution is -2.43. The summed E-state index contributed by atoms with van der Waals surface area (Å²) in [5.41, 5.74) is 8.79. The first-order chi connectivity index (χ1) is 17.8. The number of carboxylic acid groups (broad SMARTS) is 1. The Morgan fingerprint density at radius 2 is 1.89 bits per heavy atom. The van der Waals surface area contributed by atoms with Gasteiger partial charge in [-0.25, -0.2) is 29.7 Å². The van der Waals surface area contributed by atoms with Gasteiger partial charge in [0.25, 0.3) is 0 Å². The summed E-state index contributed by atoms with van der Waals surface area (Å²) >= 11 is 1.38. The van der Waals surface area contributed by atoms with Gasteiger partial charge >= 0.3 is 12.0 Å². The molecule has 3 N–H and O–H groups in total. The Balaban J connectivity index is 1.50. The Morgan fingerprint density at radius 3 is 2.49 bits per heavy atom. The molecular formula is C25H26N8O3S. The quantitative estimate of drug-likeness (QED) is 0.388. The molecule has 1 aliphatic heterocycles. The number of anilines is 2. The predicted octanol–water partition coefficient (Wildman–Crippen LogP) is 3.81. The zero-order valence-electron chi connectivity index (χ0n) is 20.5. The van der Waals surface area contributed by atoms with Crippen LogP contribution in [0.4, 0.5) is 15.9 Å². The highest BCUT2D eigenvalue weighted by molar-refractivity contribution is 7.23. The number of nitrogens with two attached hydrogens (primary N) is 1. The lowest BCUT2D eigenvalue weighted by Gasteiger charge is -2.36. The number of hydrogen-bond donors (Lipinski definition) is 2. The van der Waals surface area contributed by atoms with Crippen LogP contribution in [0, 0.1) is 5.41 Å². The van der Waals surface area contributed by atoms with Gasteiger partial charge in [0.05, 0.1) is 21.3 Å². The number of urea groups is 1. The van der Waals surface area contributed by atoms with Gasteiger partial charge in [0.2, 0.25) is 5.95 Å². The fourth-order valence-corrected chi connectivity index (χ4v) is 5.51. The molecular weight excluding hydrogens is 492 g/mol. The van der Waals surface area contributed by atoms with E-state index in [9.17, 15) is 14.7 Å². The van der Waals surface area contributed by atoms with E-state index in [0.717, 1.165) is 27.1 Å². The average Bonchev–Trinajstić information content (AvgIpc) is 3.33. The van der Waals surface area contributed by atoms with Crippen molar-refractivity contribution in [2.45, 2.75) is 26.7 Å². The fourth-order valence-electron chi connectivity index (χ4n) is 4.38. The van der Waals surface area contributed by atoms with E-state index in [1.165, 1.54) is 22.6 Å². The van der Waals surface area contributed by atoms with Crippen LogP contribution < -0.4 is 15.5 Å². The van der Waals surface area contributed by atoms with Gasteiger partial charge in [0.15, 0.2) is 5.13 Å². The lowest BCUT2D eigenvalue weighted by molar-refractivity contribution is -0.149. The molecule has 4 aromatic rings. The number of fused-ring (bicyclic) bond motifs is 1. The van der Waals surface area contributed by atoms with Crippen LogP contribution in [0.2, 0.25) is 0 Å². The number of rotatable bonds is 6. The number of aromatic nitrogens is 5. The summed E-state index contributed by atoms with van der Waals surface area (Å²) in [6.45, 7) is 5.21. The third-order valence-electron chi connectivity index (χ3n) is 6.79. The number of benzene rings is 1. The summed E-state index contributed by atoms with van der Waals surface area (Å²) in [5.74, 6) is -0.189. The molecule has 0 unspecified atom stereocenters. The molecule has 37 heavy (non-hydrogen) atoms. The fraction of sp³-hybridized carbons (Fsp3) is 0.320. The maximum atomic E-state index is 11.9. The number of aliphatic carboxylic acids is 1. The van der Waals surface area contributed by atoms with Gasteiger partial charge in [-0.1, -0.05) is 11.3 Å². The molecule has 0 aliphatic carbocycles. The lowest BCUT2D eigenvalue weighted by atomic mass is 9.80. The maximum absolute atomic E-state index is 11.9. The third-order valence-corrected chi connectivity index (χ3v) is 7.91. The van der Waals surface area contributed by atoms with Crippen molar-refractivity contribution in [3.63, 3.8) is 0 Å². The van der Waals surface area contributed by atoms with Gasteiger partial charge in [0, 0.05) is 49.4 Å². The van der Waals surface area contributed by atoms with Gasteiger partial charge in [-0.05, 0) is 50.5 Å².